The standard InChI is InChI=1S/C7H7S.C6H6S.Li/c1-6-4-2-3-5-7(6)8;7-6-4-2-1-3-5-6;/h2-5,8H,1H2;1-5,7H;/q-1;;+1. The summed E-state index contributed by atoms with van der Waals surface area (Å²) < 4.78 is 0. The van der Waals surface area contributed by atoms with E-state index in [2.05, 4.69) is 32.2 Å². The zero-order valence-electron chi connectivity index (χ0n) is 9.30. The Bertz CT molecular complexity index is 381. The third kappa shape index (κ3) is 6.25. The first-order valence-corrected chi connectivity index (χ1v) is 5.43. The normalized spacial score (nSPS) is 8.38. The molecule has 2 aromatic rings. The van der Waals surface area contributed by atoms with Gasteiger partial charge >= 0.3 is 18.9 Å². The molecule has 0 aliphatic carbocycles. The van der Waals surface area contributed by atoms with Crippen LogP contribution in [0.2, 0.25) is 0 Å². The average molecular weight is 240 g/mol. The minimum absolute atomic E-state index is 0. The molecule has 0 fully saturated rings. The molecule has 0 amide bonds. The Morgan fingerprint density at radius 2 is 1.25 bits per heavy atom. The zero-order chi connectivity index (χ0) is 11.1. The molecule has 0 radical (unpaired) electrons. The van der Waals surface area contributed by atoms with Crippen molar-refractivity contribution in [1.29, 1.82) is 0 Å². The summed E-state index contributed by atoms with van der Waals surface area (Å²) >= 11 is 8.22. The van der Waals surface area contributed by atoms with Crippen LogP contribution in [0.4, 0.5) is 0 Å². The van der Waals surface area contributed by atoms with Gasteiger partial charge in [-0.2, -0.15) is 18.6 Å². The molecule has 0 unspecified atom stereocenters. The molecule has 3 heteroatoms. The summed E-state index contributed by atoms with van der Waals surface area (Å²) in [6.07, 6.45) is 0. The van der Waals surface area contributed by atoms with Gasteiger partial charge in [-0.15, -0.1) is 24.8 Å². The van der Waals surface area contributed by atoms with E-state index in [1.165, 1.54) is 0 Å². The SMILES string of the molecule is Sc1ccccc1.[CH2-]c1ccccc1S.[Li+]. The molecule has 78 valence electrons. The van der Waals surface area contributed by atoms with Crippen molar-refractivity contribution in [2.75, 3.05) is 0 Å². The molecular formula is C13H13LiS2. The average Bonchev–Trinajstić information content (AvgIpc) is 2.25. The second-order valence-corrected chi connectivity index (χ2v) is 3.96. The van der Waals surface area contributed by atoms with E-state index in [0.29, 0.717) is 0 Å². The largest absolute Gasteiger partial charge is 1.00 e. The van der Waals surface area contributed by atoms with E-state index in [1.807, 2.05) is 54.6 Å². The summed E-state index contributed by atoms with van der Waals surface area (Å²) in [5, 5.41) is 0. The van der Waals surface area contributed by atoms with E-state index in [4.69, 9.17) is 0 Å². The van der Waals surface area contributed by atoms with E-state index in [-0.39, 0.29) is 18.9 Å². The Hall–Kier alpha value is -0.393. The number of hydrogen-bond acceptors (Lipinski definition) is 2. The molecule has 0 atom stereocenters. The maximum absolute atomic E-state index is 4.14. The second-order valence-electron chi connectivity index (χ2n) is 2.96. The molecule has 0 N–H and O–H groups in total. The number of benzene rings is 2. The zero-order valence-corrected chi connectivity index (χ0v) is 11.1. The van der Waals surface area contributed by atoms with Gasteiger partial charge in [0.15, 0.2) is 0 Å². The van der Waals surface area contributed by atoms with Crippen molar-refractivity contribution in [2.45, 2.75) is 9.79 Å². The molecule has 0 saturated heterocycles. The molecule has 0 aromatic heterocycles. The predicted octanol–water partition coefficient (Wildman–Crippen LogP) is 1.14. The molecule has 16 heavy (non-hydrogen) atoms. The molecular weight excluding hydrogens is 227 g/mol. The molecule has 0 spiro atoms. The van der Waals surface area contributed by atoms with Gasteiger partial charge in [0.05, 0.1) is 0 Å². The van der Waals surface area contributed by atoms with Crippen molar-refractivity contribution >= 4 is 25.3 Å². The van der Waals surface area contributed by atoms with Crippen LogP contribution in [0, 0.1) is 6.92 Å². The van der Waals surface area contributed by atoms with Gasteiger partial charge in [0, 0.05) is 4.90 Å². The molecule has 0 heterocycles. The van der Waals surface area contributed by atoms with Crippen LogP contribution >= 0.6 is 25.3 Å². The van der Waals surface area contributed by atoms with Gasteiger partial charge in [0.25, 0.3) is 0 Å². The van der Waals surface area contributed by atoms with E-state index < -0.39 is 0 Å². The van der Waals surface area contributed by atoms with Crippen molar-refractivity contribution in [2.24, 2.45) is 0 Å². The Balaban J connectivity index is 0.000000267. The number of hydrogen-bond donors (Lipinski definition) is 2. The van der Waals surface area contributed by atoms with Crippen molar-refractivity contribution < 1.29 is 18.9 Å². The van der Waals surface area contributed by atoms with Gasteiger partial charge in [0.2, 0.25) is 0 Å². The topological polar surface area (TPSA) is 0 Å². The minimum Gasteiger partial charge on any atom is -0.212 e. The molecule has 0 aliphatic heterocycles. The van der Waals surface area contributed by atoms with E-state index >= 15 is 0 Å². The number of thiol groups is 2. The fourth-order valence-corrected chi connectivity index (χ4v) is 1.27. The van der Waals surface area contributed by atoms with Crippen molar-refractivity contribution in [3.63, 3.8) is 0 Å². The minimum atomic E-state index is 0. The number of rotatable bonds is 0. The van der Waals surface area contributed by atoms with Crippen molar-refractivity contribution in [1.82, 2.24) is 0 Å². The van der Waals surface area contributed by atoms with Gasteiger partial charge in [-0.3, -0.25) is 0 Å². The first-order valence-electron chi connectivity index (χ1n) is 4.54. The molecule has 0 aliphatic rings. The van der Waals surface area contributed by atoms with Crippen LogP contribution in [-0.2, 0) is 0 Å². The van der Waals surface area contributed by atoms with Gasteiger partial charge in [-0.1, -0.05) is 29.2 Å². The second kappa shape index (κ2) is 8.72. The Morgan fingerprint density at radius 1 is 0.750 bits per heavy atom. The summed E-state index contributed by atoms with van der Waals surface area (Å²) in [4.78, 5) is 1.97. The quantitative estimate of drug-likeness (QED) is 0.385. The monoisotopic (exact) mass is 240 g/mol. The Labute approximate surface area is 120 Å². The van der Waals surface area contributed by atoms with Crippen molar-refractivity contribution in [3.8, 4) is 0 Å². The van der Waals surface area contributed by atoms with Gasteiger partial charge in [-0.05, 0) is 12.1 Å². The summed E-state index contributed by atoms with van der Waals surface area (Å²) in [6, 6.07) is 17.5. The van der Waals surface area contributed by atoms with Gasteiger partial charge < -0.3 is 0 Å². The van der Waals surface area contributed by atoms with Crippen LogP contribution in [-0.4, -0.2) is 0 Å². The Morgan fingerprint density at radius 3 is 1.56 bits per heavy atom. The van der Waals surface area contributed by atoms with E-state index in [0.717, 1.165) is 15.4 Å². The fourth-order valence-electron chi connectivity index (χ4n) is 0.939. The van der Waals surface area contributed by atoms with Crippen LogP contribution in [0.3, 0.4) is 0 Å². The van der Waals surface area contributed by atoms with Crippen molar-refractivity contribution in [3.05, 3.63) is 67.1 Å². The first kappa shape index (κ1) is 15.6. The maximum atomic E-state index is 4.14. The van der Waals surface area contributed by atoms with E-state index in [1.54, 1.807) is 0 Å². The van der Waals surface area contributed by atoms with Crippen LogP contribution < -0.4 is 18.9 Å². The van der Waals surface area contributed by atoms with E-state index in [9.17, 15) is 0 Å². The smallest absolute Gasteiger partial charge is 0.212 e. The molecule has 0 saturated carbocycles. The summed E-state index contributed by atoms with van der Waals surface area (Å²) in [5.74, 6) is 0. The molecule has 0 nitrogen and oxygen atoms in total. The molecule has 2 rings (SSSR count). The molecule has 0 bridgehead atoms. The third-order valence-electron chi connectivity index (χ3n) is 1.75. The first-order chi connectivity index (χ1) is 7.20. The van der Waals surface area contributed by atoms with Gasteiger partial charge in [-0.25, -0.2) is 12.6 Å². The summed E-state index contributed by atoms with van der Waals surface area (Å²) in [6.45, 7) is 3.74. The van der Waals surface area contributed by atoms with Crippen LogP contribution in [0.1, 0.15) is 5.56 Å². The van der Waals surface area contributed by atoms with Crippen LogP contribution in [0.15, 0.2) is 64.4 Å². The predicted molar refractivity (Wildman–Crippen MR) is 71.8 cm³/mol. The molecule has 2 aromatic carbocycles. The van der Waals surface area contributed by atoms with Crippen LogP contribution in [0.5, 0.6) is 0 Å². The van der Waals surface area contributed by atoms with Crippen LogP contribution in [0.25, 0.3) is 0 Å². The summed E-state index contributed by atoms with van der Waals surface area (Å²) in [7, 11) is 0. The fraction of sp³-hybridized carbons (Fsp3) is 0. The third-order valence-corrected chi connectivity index (χ3v) is 2.48. The summed E-state index contributed by atoms with van der Waals surface area (Å²) in [5.41, 5.74) is 0.982. The van der Waals surface area contributed by atoms with Gasteiger partial charge in [0.1, 0.15) is 0 Å². The maximum Gasteiger partial charge on any atom is 1.00 e. The Kier molecular flexibility index (Phi) is 8.51.